The Morgan fingerprint density at radius 3 is 2.64 bits per heavy atom. The van der Waals surface area contributed by atoms with Crippen LogP contribution in [0.15, 0.2) is 53.0 Å². The molecule has 0 fully saturated rings. The number of halogens is 3. The first-order chi connectivity index (χ1) is 10.6. The molecule has 1 N–H and O–H groups in total. The van der Waals surface area contributed by atoms with E-state index in [4.69, 9.17) is 0 Å². The Morgan fingerprint density at radius 2 is 1.86 bits per heavy atom. The predicted molar refractivity (Wildman–Crippen MR) is 86.9 cm³/mol. The molecule has 0 unspecified atom stereocenters. The molecule has 0 aromatic heterocycles. The average Bonchev–Trinajstić information content (AvgIpc) is 2.97. The first-order valence-electron chi connectivity index (χ1n) is 7.31. The lowest BCUT2D eigenvalue weighted by molar-refractivity contribution is 0.418. The summed E-state index contributed by atoms with van der Waals surface area (Å²) in [6.07, 6.45) is 5.10. The molecule has 2 aromatic rings. The van der Waals surface area contributed by atoms with Crippen LogP contribution in [0.2, 0.25) is 0 Å². The lowest BCUT2D eigenvalue weighted by Gasteiger charge is -2.37. The van der Waals surface area contributed by atoms with Crippen LogP contribution in [-0.2, 0) is 0 Å². The minimum atomic E-state index is -0.518. The third-order valence-corrected chi connectivity index (χ3v) is 5.14. The van der Waals surface area contributed by atoms with Gasteiger partial charge in [-0.15, -0.1) is 0 Å². The Labute approximate surface area is 136 Å². The summed E-state index contributed by atoms with van der Waals surface area (Å²) in [7, 11) is 0. The van der Waals surface area contributed by atoms with Crippen LogP contribution in [0.25, 0.3) is 0 Å². The normalized spacial score (nSPS) is 25.5. The van der Waals surface area contributed by atoms with Gasteiger partial charge < -0.3 is 5.32 Å². The van der Waals surface area contributed by atoms with Gasteiger partial charge in [-0.05, 0) is 41.7 Å². The third-order valence-electron chi connectivity index (χ3n) is 4.61. The molecule has 4 heteroatoms. The summed E-state index contributed by atoms with van der Waals surface area (Å²) < 4.78 is 28.8. The molecule has 0 spiro atoms. The molecule has 1 aliphatic heterocycles. The molecule has 4 rings (SSSR count). The molecule has 112 valence electrons. The van der Waals surface area contributed by atoms with E-state index in [9.17, 15) is 8.78 Å². The van der Waals surface area contributed by atoms with Crippen molar-refractivity contribution in [1.29, 1.82) is 0 Å². The van der Waals surface area contributed by atoms with Gasteiger partial charge in [-0.3, -0.25) is 0 Å². The summed E-state index contributed by atoms with van der Waals surface area (Å²) >= 11 is 3.44. The van der Waals surface area contributed by atoms with Crippen LogP contribution in [0.4, 0.5) is 14.5 Å². The molecule has 0 bridgehead atoms. The highest BCUT2D eigenvalue weighted by molar-refractivity contribution is 9.10. The highest BCUT2D eigenvalue weighted by atomic mass is 79.9. The summed E-state index contributed by atoms with van der Waals surface area (Å²) in [4.78, 5) is 0. The van der Waals surface area contributed by atoms with Gasteiger partial charge in [-0.2, -0.15) is 0 Å². The fourth-order valence-corrected chi connectivity index (χ4v) is 3.89. The third kappa shape index (κ3) is 2.17. The predicted octanol–water partition coefficient (Wildman–Crippen LogP) is 5.55. The zero-order valence-electron chi connectivity index (χ0n) is 11.7. The average molecular weight is 362 g/mol. The van der Waals surface area contributed by atoms with Crippen LogP contribution in [0.3, 0.4) is 0 Å². The van der Waals surface area contributed by atoms with Gasteiger partial charge in [0.2, 0.25) is 0 Å². The van der Waals surface area contributed by atoms with E-state index in [2.05, 4.69) is 33.4 Å². The number of nitrogens with one attached hydrogen (secondary N) is 1. The fraction of sp³-hybridized carbons (Fsp3) is 0.222. The maximum absolute atomic E-state index is 14.2. The summed E-state index contributed by atoms with van der Waals surface area (Å²) in [6.45, 7) is 0. The van der Waals surface area contributed by atoms with Crippen molar-refractivity contribution in [2.45, 2.75) is 18.4 Å². The topological polar surface area (TPSA) is 12.0 Å². The highest BCUT2D eigenvalue weighted by Crippen LogP contribution is 2.50. The van der Waals surface area contributed by atoms with E-state index in [-0.39, 0.29) is 17.9 Å². The molecule has 2 aromatic carbocycles. The van der Waals surface area contributed by atoms with Crippen molar-refractivity contribution in [3.05, 3.63) is 75.8 Å². The SMILES string of the molecule is Fc1cc(F)c2c(c1)[C@@H]1C=CC[C@H]1[C@H](c1ccc(Br)cc1)N2. The van der Waals surface area contributed by atoms with E-state index in [0.717, 1.165) is 28.1 Å². The van der Waals surface area contributed by atoms with Crippen molar-refractivity contribution in [2.75, 3.05) is 5.32 Å². The molecular weight excluding hydrogens is 348 g/mol. The second kappa shape index (κ2) is 5.20. The fourth-order valence-electron chi connectivity index (χ4n) is 3.62. The van der Waals surface area contributed by atoms with Gasteiger partial charge in [0, 0.05) is 16.5 Å². The second-order valence-corrected chi connectivity index (χ2v) is 6.79. The van der Waals surface area contributed by atoms with Crippen LogP contribution in [0, 0.1) is 17.6 Å². The monoisotopic (exact) mass is 361 g/mol. The van der Waals surface area contributed by atoms with Crippen molar-refractivity contribution in [1.82, 2.24) is 0 Å². The van der Waals surface area contributed by atoms with E-state index < -0.39 is 11.6 Å². The van der Waals surface area contributed by atoms with E-state index in [0.29, 0.717) is 5.69 Å². The summed E-state index contributed by atoms with van der Waals surface area (Å²) in [5, 5.41) is 3.30. The van der Waals surface area contributed by atoms with Crippen molar-refractivity contribution in [2.24, 2.45) is 5.92 Å². The molecule has 2 aliphatic rings. The Bertz CT molecular complexity index is 754. The van der Waals surface area contributed by atoms with Gasteiger partial charge in [0.1, 0.15) is 11.6 Å². The maximum atomic E-state index is 14.2. The van der Waals surface area contributed by atoms with E-state index in [1.54, 1.807) is 0 Å². The molecule has 1 nitrogen and oxygen atoms in total. The molecular formula is C18H14BrF2N. The molecule has 0 saturated carbocycles. The van der Waals surface area contributed by atoms with E-state index in [1.165, 1.54) is 6.07 Å². The van der Waals surface area contributed by atoms with Gasteiger partial charge in [0.05, 0.1) is 11.7 Å². The summed E-state index contributed by atoms with van der Waals surface area (Å²) in [5.41, 5.74) is 2.28. The number of allylic oxidation sites excluding steroid dienone is 2. The van der Waals surface area contributed by atoms with Crippen LogP contribution >= 0.6 is 15.9 Å². The lowest BCUT2D eigenvalue weighted by atomic mass is 9.77. The van der Waals surface area contributed by atoms with Crippen molar-refractivity contribution >= 4 is 21.6 Å². The standard InChI is InChI=1S/C18H14BrF2N/c19-11-6-4-10(5-7-11)17-14-3-1-2-13(14)15-8-12(20)9-16(21)18(15)22-17/h1-2,4-9,13-14,17,22H,3H2/t13-,14-,17+/m1/s1. The number of hydrogen-bond acceptors (Lipinski definition) is 1. The van der Waals surface area contributed by atoms with Gasteiger partial charge in [-0.25, -0.2) is 8.78 Å². The smallest absolute Gasteiger partial charge is 0.149 e. The molecule has 1 aliphatic carbocycles. The van der Waals surface area contributed by atoms with E-state index >= 15 is 0 Å². The molecule has 0 radical (unpaired) electrons. The molecule has 22 heavy (non-hydrogen) atoms. The Morgan fingerprint density at radius 1 is 1.09 bits per heavy atom. The Kier molecular flexibility index (Phi) is 3.30. The molecule has 3 atom stereocenters. The van der Waals surface area contributed by atoms with Crippen molar-refractivity contribution in [3.8, 4) is 0 Å². The first-order valence-corrected chi connectivity index (χ1v) is 8.10. The molecule has 0 saturated heterocycles. The highest BCUT2D eigenvalue weighted by Gasteiger charge is 2.39. The minimum Gasteiger partial charge on any atom is -0.375 e. The second-order valence-electron chi connectivity index (χ2n) is 5.88. The van der Waals surface area contributed by atoms with Crippen molar-refractivity contribution in [3.63, 3.8) is 0 Å². The zero-order chi connectivity index (χ0) is 15.3. The van der Waals surface area contributed by atoms with Gasteiger partial charge in [0.25, 0.3) is 0 Å². The number of benzene rings is 2. The summed E-state index contributed by atoms with van der Waals surface area (Å²) in [6, 6.07) is 10.5. The largest absolute Gasteiger partial charge is 0.375 e. The number of rotatable bonds is 1. The van der Waals surface area contributed by atoms with Crippen LogP contribution < -0.4 is 5.32 Å². The number of anilines is 1. The first kappa shape index (κ1) is 13.9. The van der Waals surface area contributed by atoms with E-state index in [1.807, 2.05) is 24.3 Å². The maximum Gasteiger partial charge on any atom is 0.149 e. The van der Waals surface area contributed by atoms with Crippen LogP contribution in [-0.4, -0.2) is 0 Å². The number of hydrogen-bond donors (Lipinski definition) is 1. The van der Waals surface area contributed by atoms with Gasteiger partial charge in [-0.1, -0.05) is 40.2 Å². The Hall–Kier alpha value is -1.68. The lowest BCUT2D eigenvalue weighted by Crippen LogP contribution is -2.29. The van der Waals surface area contributed by atoms with Crippen molar-refractivity contribution < 1.29 is 8.78 Å². The van der Waals surface area contributed by atoms with Crippen LogP contribution in [0.1, 0.15) is 29.5 Å². The van der Waals surface area contributed by atoms with Crippen LogP contribution in [0.5, 0.6) is 0 Å². The molecule has 0 amide bonds. The summed E-state index contributed by atoms with van der Waals surface area (Å²) in [5.74, 6) is -0.681. The number of fused-ring (bicyclic) bond motifs is 3. The van der Waals surface area contributed by atoms with Gasteiger partial charge in [0.15, 0.2) is 0 Å². The van der Waals surface area contributed by atoms with Gasteiger partial charge >= 0.3 is 0 Å². The zero-order valence-corrected chi connectivity index (χ0v) is 13.3. The molecule has 1 heterocycles. The Balaban J connectivity index is 1.82. The quantitative estimate of drug-likeness (QED) is 0.656. The minimum absolute atomic E-state index is 0.0283.